The summed E-state index contributed by atoms with van der Waals surface area (Å²) in [4.78, 5) is 19.4. The summed E-state index contributed by atoms with van der Waals surface area (Å²) in [5.74, 6) is 0.106. The van der Waals surface area contributed by atoms with Gasteiger partial charge in [0, 0.05) is 26.8 Å². The van der Waals surface area contributed by atoms with Gasteiger partial charge in [0.05, 0.1) is 22.9 Å². The van der Waals surface area contributed by atoms with E-state index in [1.54, 1.807) is 12.6 Å². The van der Waals surface area contributed by atoms with Crippen molar-refractivity contribution >= 4 is 17.2 Å². The molecule has 0 N–H and O–H groups in total. The van der Waals surface area contributed by atoms with E-state index in [9.17, 15) is 4.79 Å². The summed E-state index contributed by atoms with van der Waals surface area (Å²) in [6.07, 6.45) is 3.99. The minimum Gasteiger partial charge on any atom is -0.378 e. The smallest absolute Gasteiger partial charge is 0.265 e. The van der Waals surface area contributed by atoms with Crippen LogP contribution in [0.5, 0.6) is 0 Å². The summed E-state index contributed by atoms with van der Waals surface area (Å²) in [7, 11) is 1.76. The molecule has 3 rings (SSSR count). The summed E-state index contributed by atoms with van der Waals surface area (Å²) in [5.41, 5.74) is 2.38. The molecule has 1 amide bonds. The minimum absolute atomic E-state index is 0.106. The molecule has 2 saturated heterocycles. The number of piperidine rings is 1. The number of aryl methyl sites for hydroxylation is 1. The monoisotopic (exact) mass is 310 g/mol. The number of nitrogens with zero attached hydrogens (tertiary/aromatic N) is 2. The second kappa shape index (κ2) is 6.02. The maximum absolute atomic E-state index is 12.5. The maximum atomic E-state index is 12.5. The molecule has 0 bridgehead atoms. The van der Waals surface area contributed by atoms with Crippen LogP contribution in [-0.2, 0) is 9.47 Å². The molecule has 0 aliphatic carbocycles. The molecule has 0 saturated carbocycles. The first kappa shape index (κ1) is 14.9. The number of ether oxygens (including phenoxy) is 2. The van der Waals surface area contributed by atoms with Gasteiger partial charge in [-0.15, -0.1) is 11.3 Å². The molecule has 116 valence electrons. The number of hydrogen-bond acceptors (Lipinski definition) is 5. The molecule has 0 unspecified atom stereocenters. The van der Waals surface area contributed by atoms with Gasteiger partial charge in [0.2, 0.25) is 0 Å². The molecular weight excluding hydrogens is 288 g/mol. The van der Waals surface area contributed by atoms with Crippen LogP contribution < -0.4 is 0 Å². The molecule has 0 radical (unpaired) electrons. The van der Waals surface area contributed by atoms with Crippen LogP contribution in [-0.4, -0.2) is 54.3 Å². The van der Waals surface area contributed by atoms with Gasteiger partial charge in [-0.2, -0.15) is 0 Å². The van der Waals surface area contributed by atoms with Gasteiger partial charge >= 0.3 is 0 Å². The van der Waals surface area contributed by atoms with Gasteiger partial charge < -0.3 is 14.4 Å². The largest absolute Gasteiger partial charge is 0.378 e. The molecule has 21 heavy (non-hydrogen) atoms. The summed E-state index contributed by atoms with van der Waals surface area (Å²) in [5, 5.41) is 0. The fraction of sp³-hybridized carbons (Fsp3) is 0.733. The molecule has 0 aromatic carbocycles. The zero-order valence-electron chi connectivity index (χ0n) is 12.6. The summed E-state index contributed by atoms with van der Waals surface area (Å²) in [6, 6.07) is 0. The van der Waals surface area contributed by atoms with Crippen LogP contribution in [0.4, 0.5) is 0 Å². The van der Waals surface area contributed by atoms with Crippen LogP contribution in [0.3, 0.4) is 0 Å². The van der Waals surface area contributed by atoms with E-state index in [1.165, 1.54) is 11.3 Å². The first-order valence-corrected chi connectivity index (χ1v) is 8.40. The van der Waals surface area contributed by atoms with Crippen molar-refractivity contribution in [3.8, 4) is 0 Å². The molecule has 1 aromatic heterocycles. The predicted octanol–water partition coefficient (Wildman–Crippen LogP) is 2.25. The van der Waals surface area contributed by atoms with Gasteiger partial charge in [0.25, 0.3) is 5.91 Å². The van der Waals surface area contributed by atoms with E-state index in [4.69, 9.17) is 9.47 Å². The third kappa shape index (κ3) is 2.72. The van der Waals surface area contributed by atoms with Crippen LogP contribution >= 0.6 is 11.3 Å². The van der Waals surface area contributed by atoms with Crippen LogP contribution in [0.1, 0.15) is 41.0 Å². The highest BCUT2D eigenvalue weighted by Gasteiger charge is 2.45. The number of methoxy groups -OCH3 is 1. The lowest BCUT2D eigenvalue weighted by atomic mass is 9.82. The predicted molar refractivity (Wildman–Crippen MR) is 80.7 cm³/mol. The lowest BCUT2D eigenvalue weighted by Crippen LogP contribution is -2.56. The zero-order valence-corrected chi connectivity index (χ0v) is 13.4. The van der Waals surface area contributed by atoms with Crippen molar-refractivity contribution in [1.82, 2.24) is 9.88 Å². The van der Waals surface area contributed by atoms with Gasteiger partial charge in [0.15, 0.2) is 0 Å². The van der Waals surface area contributed by atoms with E-state index >= 15 is 0 Å². The van der Waals surface area contributed by atoms with Gasteiger partial charge in [-0.1, -0.05) is 0 Å². The molecule has 2 aliphatic heterocycles. The highest BCUT2D eigenvalue weighted by Crippen LogP contribution is 2.37. The lowest BCUT2D eigenvalue weighted by molar-refractivity contribution is -0.183. The number of amides is 1. The van der Waals surface area contributed by atoms with Gasteiger partial charge in [-0.05, 0) is 32.6 Å². The number of hydrogen-bond donors (Lipinski definition) is 0. The summed E-state index contributed by atoms with van der Waals surface area (Å²) >= 11 is 1.43. The first-order chi connectivity index (χ1) is 10.2. The Kier molecular flexibility index (Phi) is 4.28. The van der Waals surface area contributed by atoms with Crippen molar-refractivity contribution in [2.45, 2.75) is 44.3 Å². The number of aromatic nitrogens is 1. The van der Waals surface area contributed by atoms with Crippen molar-refractivity contribution in [2.24, 2.45) is 0 Å². The van der Waals surface area contributed by atoms with Gasteiger partial charge in [-0.3, -0.25) is 4.79 Å². The van der Waals surface area contributed by atoms with E-state index in [0.717, 1.165) is 56.0 Å². The number of carbonyl (C=O) groups excluding carboxylic acids is 1. The third-order valence-electron chi connectivity index (χ3n) is 4.71. The maximum Gasteiger partial charge on any atom is 0.265 e. The second-order valence-electron chi connectivity index (χ2n) is 5.84. The average Bonchev–Trinajstić information content (AvgIpc) is 2.94. The molecule has 6 heteroatoms. The molecule has 2 fully saturated rings. The van der Waals surface area contributed by atoms with Gasteiger partial charge in [0.1, 0.15) is 4.88 Å². The Morgan fingerprint density at radius 3 is 2.90 bits per heavy atom. The Morgan fingerprint density at radius 1 is 1.52 bits per heavy atom. The van der Waals surface area contributed by atoms with E-state index in [0.29, 0.717) is 0 Å². The van der Waals surface area contributed by atoms with Crippen molar-refractivity contribution in [1.29, 1.82) is 0 Å². The first-order valence-electron chi connectivity index (χ1n) is 7.52. The lowest BCUT2D eigenvalue weighted by Gasteiger charge is -2.47. The Morgan fingerprint density at radius 2 is 2.29 bits per heavy atom. The fourth-order valence-corrected chi connectivity index (χ4v) is 4.21. The normalized spacial score (nSPS) is 25.2. The Labute approximate surface area is 129 Å². The number of likely N-dealkylation sites (tertiary alicyclic amines) is 1. The van der Waals surface area contributed by atoms with Crippen molar-refractivity contribution in [2.75, 3.05) is 26.8 Å². The molecule has 5 nitrogen and oxygen atoms in total. The molecule has 1 spiro atoms. The Hall–Kier alpha value is -0.980. The van der Waals surface area contributed by atoms with E-state index in [-0.39, 0.29) is 17.6 Å². The van der Waals surface area contributed by atoms with E-state index < -0.39 is 0 Å². The quantitative estimate of drug-likeness (QED) is 0.841. The Balaban J connectivity index is 1.67. The SMILES string of the molecule is CO[C@@H]1CCCOC12CCN(C(=O)c1scnc1C)CC2. The van der Waals surface area contributed by atoms with Crippen LogP contribution in [0.25, 0.3) is 0 Å². The van der Waals surface area contributed by atoms with Gasteiger partial charge in [-0.25, -0.2) is 4.98 Å². The van der Waals surface area contributed by atoms with Crippen LogP contribution in [0.15, 0.2) is 5.51 Å². The standard InChI is InChI=1S/C15H22N2O3S/c1-11-13(21-10-16-11)14(18)17-7-5-15(6-8-17)12(19-2)4-3-9-20-15/h10,12H,3-9H2,1-2H3/t12-/m1/s1. The van der Waals surface area contributed by atoms with E-state index in [1.807, 2.05) is 11.8 Å². The highest BCUT2D eigenvalue weighted by molar-refractivity contribution is 7.11. The van der Waals surface area contributed by atoms with E-state index in [2.05, 4.69) is 4.98 Å². The van der Waals surface area contributed by atoms with Crippen molar-refractivity contribution < 1.29 is 14.3 Å². The summed E-state index contributed by atoms with van der Waals surface area (Å²) < 4.78 is 11.7. The topological polar surface area (TPSA) is 51.7 Å². The fourth-order valence-electron chi connectivity index (χ4n) is 3.44. The molecular formula is C15H22N2O3S. The second-order valence-corrected chi connectivity index (χ2v) is 6.69. The minimum atomic E-state index is -0.188. The number of rotatable bonds is 2. The number of thiazole rings is 1. The Bertz CT molecular complexity index is 509. The molecule has 2 aliphatic rings. The molecule has 3 heterocycles. The zero-order chi connectivity index (χ0) is 14.9. The van der Waals surface area contributed by atoms with Crippen LogP contribution in [0, 0.1) is 6.92 Å². The summed E-state index contributed by atoms with van der Waals surface area (Å²) in [6.45, 7) is 4.16. The molecule has 1 atom stereocenters. The highest BCUT2D eigenvalue weighted by atomic mass is 32.1. The number of carbonyl (C=O) groups is 1. The van der Waals surface area contributed by atoms with Crippen LogP contribution in [0.2, 0.25) is 0 Å². The molecule has 1 aromatic rings. The third-order valence-corrected chi connectivity index (χ3v) is 5.62. The average molecular weight is 310 g/mol. The van der Waals surface area contributed by atoms with Crippen molar-refractivity contribution in [3.05, 3.63) is 16.1 Å². The van der Waals surface area contributed by atoms with Crippen molar-refractivity contribution in [3.63, 3.8) is 0 Å².